The quantitative estimate of drug-likeness (QED) is 0.166. The van der Waals surface area contributed by atoms with E-state index in [0.717, 1.165) is 11.1 Å². The molecule has 1 fully saturated rings. The van der Waals surface area contributed by atoms with Crippen LogP contribution in [0.2, 0.25) is 0 Å². The number of rotatable bonds is 11. The molecule has 3 unspecified atom stereocenters. The van der Waals surface area contributed by atoms with E-state index in [4.69, 9.17) is 0 Å². The average Bonchev–Trinajstić information content (AvgIpc) is 3.18. The van der Waals surface area contributed by atoms with E-state index in [9.17, 15) is 43.8 Å². The van der Waals surface area contributed by atoms with Crippen LogP contribution in [0, 0.1) is 11.8 Å². The van der Waals surface area contributed by atoms with Gasteiger partial charge in [0.25, 0.3) is 0 Å². The van der Waals surface area contributed by atoms with Gasteiger partial charge in [-0.1, -0.05) is 76.6 Å². The molecule has 7 amide bonds. The fourth-order valence-corrected chi connectivity index (χ4v) is 6.35. The summed E-state index contributed by atoms with van der Waals surface area (Å²) in [5.41, 5.74) is 1.56. The number of likely N-dealkylation sites (N-methyl/N-ethyl adjacent to an activating group) is 1. The molecule has 0 saturated carbocycles. The molecule has 2 aromatic rings. The van der Waals surface area contributed by atoms with Gasteiger partial charge in [0.05, 0.1) is 0 Å². The number of carboxylic acid groups (broad SMARTS) is 1. The van der Waals surface area contributed by atoms with E-state index in [2.05, 4.69) is 31.9 Å². The van der Waals surface area contributed by atoms with Crippen LogP contribution in [0.4, 0.5) is 4.79 Å². The van der Waals surface area contributed by atoms with Crippen molar-refractivity contribution >= 4 is 41.5 Å². The van der Waals surface area contributed by atoms with Crippen molar-refractivity contribution in [3.8, 4) is 5.75 Å². The second-order valence-electron chi connectivity index (χ2n) is 15.0. The maximum absolute atomic E-state index is 14.1. The van der Waals surface area contributed by atoms with Gasteiger partial charge in [0, 0.05) is 20.0 Å². The highest BCUT2D eigenvalue weighted by atomic mass is 16.4. The lowest BCUT2D eigenvalue weighted by atomic mass is 9.99. The van der Waals surface area contributed by atoms with E-state index < -0.39 is 89.6 Å². The van der Waals surface area contributed by atoms with Gasteiger partial charge < -0.3 is 47.0 Å². The molecule has 16 heteroatoms. The summed E-state index contributed by atoms with van der Waals surface area (Å²) in [4.78, 5) is 95.5. The number of amides is 7. The van der Waals surface area contributed by atoms with Gasteiger partial charge in [0.15, 0.2) is 0 Å². The summed E-state index contributed by atoms with van der Waals surface area (Å²) in [6, 6.07) is 7.83. The number of aliphatic carboxylic acids is 1. The normalized spacial score (nSPS) is 23.0. The summed E-state index contributed by atoms with van der Waals surface area (Å²) >= 11 is 0. The van der Waals surface area contributed by atoms with Crippen LogP contribution in [0.15, 0.2) is 54.6 Å². The number of nitrogens with zero attached hydrogens (tertiary/aromatic N) is 1. The molecular formula is C41H59N7O9. The lowest BCUT2D eigenvalue weighted by Crippen LogP contribution is -2.60. The maximum atomic E-state index is 14.1. The predicted molar refractivity (Wildman–Crippen MR) is 213 cm³/mol. The van der Waals surface area contributed by atoms with Crippen LogP contribution in [-0.2, 0) is 41.6 Å². The highest BCUT2D eigenvalue weighted by Crippen LogP contribution is 2.16. The first kappa shape index (κ1) is 45.7. The van der Waals surface area contributed by atoms with Gasteiger partial charge in [0.2, 0.25) is 29.5 Å². The zero-order valence-electron chi connectivity index (χ0n) is 33.7. The average molecular weight is 794 g/mol. The van der Waals surface area contributed by atoms with Crippen molar-refractivity contribution in [2.24, 2.45) is 11.8 Å². The summed E-state index contributed by atoms with van der Waals surface area (Å²) in [6.45, 7) is 8.58. The lowest BCUT2D eigenvalue weighted by Gasteiger charge is -2.31. The molecule has 0 aromatic heterocycles. The molecule has 0 radical (unpaired) electrons. The first-order valence-corrected chi connectivity index (χ1v) is 19.6. The largest absolute Gasteiger partial charge is 0.508 e. The van der Waals surface area contributed by atoms with E-state index in [1.165, 1.54) is 31.0 Å². The van der Waals surface area contributed by atoms with Crippen molar-refractivity contribution in [2.75, 3.05) is 13.6 Å². The molecule has 0 bridgehead atoms. The third-order valence-electron chi connectivity index (χ3n) is 10.3. The van der Waals surface area contributed by atoms with Crippen LogP contribution in [0.3, 0.4) is 0 Å². The van der Waals surface area contributed by atoms with Crippen LogP contribution in [-0.4, -0.2) is 106 Å². The third-order valence-corrected chi connectivity index (χ3v) is 10.3. The fourth-order valence-electron chi connectivity index (χ4n) is 6.35. The Morgan fingerprint density at radius 3 is 2.11 bits per heavy atom. The van der Waals surface area contributed by atoms with Gasteiger partial charge in [-0.3, -0.25) is 24.0 Å². The molecule has 312 valence electrons. The molecule has 57 heavy (non-hydrogen) atoms. The van der Waals surface area contributed by atoms with E-state index in [1.807, 2.05) is 30.3 Å². The van der Waals surface area contributed by atoms with E-state index in [-0.39, 0.29) is 31.6 Å². The molecular weight excluding hydrogens is 734 g/mol. The van der Waals surface area contributed by atoms with Crippen LogP contribution < -0.4 is 31.9 Å². The number of hydrogen-bond acceptors (Lipinski definition) is 8. The van der Waals surface area contributed by atoms with Gasteiger partial charge in [-0.15, -0.1) is 0 Å². The Kier molecular flexibility index (Phi) is 17.8. The predicted octanol–water partition coefficient (Wildman–Crippen LogP) is 1.99. The Labute approximate surface area is 334 Å². The molecule has 3 rings (SSSR count). The molecule has 1 aliphatic rings. The van der Waals surface area contributed by atoms with Crippen LogP contribution in [0.5, 0.6) is 5.75 Å². The first-order chi connectivity index (χ1) is 27.0. The van der Waals surface area contributed by atoms with E-state index in [1.54, 1.807) is 39.8 Å². The molecule has 7 atom stereocenters. The fraction of sp³-hybridized carbons (Fsp3) is 0.537. The number of phenolic OH excluding ortho intramolecular Hbond substituents is 1. The van der Waals surface area contributed by atoms with E-state index in [0.29, 0.717) is 25.7 Å². The molecule has 0 spiro atoms. The Balaban J connectivity index is 1.98. The summed E-state index contributed by atoms with van der Waals surface area (Å²) in [7, 11) is 1.43. The van der Waals surface area contributed by atoms with Crippen molar-refractivity contribution in [1.29, 1.82) is 0 Å². The van der Waals surface area contributed by atoms with Gasteiger partial charge in [-0.2, -0.15) is 0 Å². The van der Waals surface area contributed by atoms with Crippen molar-refractivity contribution in [1.82, 2.24) is 36.8 Å². The monoisotopic (exact) mass is 793 g/mol. The minimum Gasteiger partial charge on any atom is -0.508 e. The smallest absolute Gasteiger partial charge is 0.326 e. The number of carbonyl (C=O) groups is 7. The minimum atomic E-state index is -1.23. The third kappa shape index (κ3) is 14.1. The second-order valence-corrected chi connectivity index (χ2v) is 15.0. The zero-order chi connectivity index (χ0) is 42.2. The Morgan fingerprint density at radius 2 is 1.49 bits per heavy atom. The minimum absolute atomic E-state index is 0.0619. The highest BCUT2D eigenvalue weighted by Gasteiger charge is 2.35. The topological polar surface area (TPSA) is 235 Å². The summed E-state index contributed by atoms with van der Waals surface area (Å²) in [5.74, 6) is -5.06. The molecule has 2 aromatic carbocycles. The maximum Gasteiger partial charge on any atom is 0.326 e. The number of benzene rings is 2. The lowest BCUT2D eigenvalue weighted by molar-refractivity contribution is -0.142. The zero-order valence-corrected chi connectivity index (χ0v) is 33.7. The summed E-state index contributed by atoms with van der Waals surface area (Å²) < 4.78 is 0. The van der Waals surface area contributed by atoms with E-state index >= 15 is 0 Å². The molecule has 16 nitrogen and oxygen atoms in total. The van der Waals surface area contributed by atoms with Crippen molar-refractivity contribution in [3.63, 3.8) is 0 Å². The highest BCUT2D eigenvalue weighted by molar-refractivity contribution is 5.96. The number of aromatic hydroxyl groups is 1. The number of nitrogens with one attached hydrogen (secondary N) is 6. The first-order valence-electron chi connectivity index (χ1n) is 19.6. The number of hydrogen-bond donors (Lipinski definition) is 8. The SMILES string of the molecule is CC[C@H](C)[C@H](NC(=O)NC1CCCCNC(=O)[C@H](Cc2ccccc2)NC(=O)[C@H](C)N(C)C(=O)C(CCc2ccc(O)cc2)NC(=O)C(C(C)C)NC1=O)C(=O)O. The summed E-state index contributed by atoms with van der Waals surface area (Å²) in [6.07, 6.45) is 1.82. The van der Waals surface area contributed by atoms with Crippen molar-refractivity contribution < 1.29 is 43.8 Å². The van der Waals surface area contributed by atoms with Gasteiger partial charge in [0.1, 0.15) is 42.0 Å². The Bertz CT molecular complexity index is 1690. The molecule has 1 heterocycles. The second kappa shape index (κ2) is 22.2. The molecule has 8 N–H and O–H groups in total. The van der Waals surface area contributed by atoms with Crippen molar-refractivity contribution in [3.05, 3.63) is 65.7 Å². The standard InChI is InChI=1S/C41H59N7O9/c1-7-25(4)34(40(55)56)47-41(57)45-30-15-11-12-22-42-36(51)32(23-28-13-9-8-10-14-28)44-35(50)26(5)48(6)39(54)31(21-18-27-16-19-29(49)20-17-27)43-38(53)33(24(2)3)46-37(30)52/h8-10,13-14,16-17,19-20,24-26,30-34,49H,7,11-12,15,18,21-23H2,1-6H3,(H,42,51)(H,43,53)(H,44,50)(H,46,52)(H,55,56)(H2,45,47,57)/t25-,26-,30?,31?,32-,33?,34-/m0/s1. The number of carbonyl (C=O) groups excluding carboxylic acids is 6. The van der Waals surface area contributed by atoms with Crippen LogP contribution in [0.25, 0.3) is 0 Å². The van der Waals surface area contributed by atoms with Crippen molar-refractivity contribution in [2.45, 2.75) is 116 Å². The van der Waals surface area contributed by atoms with Crippen LogP contribution >= 0.6 is 0 Å². The Hall–Kier alpha value is -5.67. The number of phenols is 1. The Morgan fingerprint density at radius 1 is 0.842 bits per heavy atom. The van der Waals surface area contributed by atoms with Gasteiger partial charge in [-0.25, -0.2) is 9.59 Å². The molecule has 1 aliphatic heterocycles. The molecule has 0 aliphatic carbocycles. The number of urea groups is 1. The number of aryl methyl sites for hydroxylation is 1. The number of carboxylic acids is 1. The van der Waals surface area contributed by atoms with Gasteiger partial charge in [-0.05, 0) is 74.1 Å². The van der Waals surface area contributed by atoms with Crippen LogP contribution in [0.1, 0.15) is 77.8 Å². The molecule has 1 saturated heterocycles. The van der Waals surface area contributed by atoms with Gasteiger partial charge >= 0.3 is 12.0 Å². The summed E-state index contributed by atoms with van der Waals surface area (Å²) in [5, 5.41) is 35.7.